The van der Waals surface area contributed by atoms with Crippen LogP contribution >= 0.6 is 0 Å². The van der Waals surface area contributed by atoms with Crippen LogP contribution in [0.4, 0.5) is 0 Å². The van der Waals surface area contributed by atoms with E-state index in [0.717, 1.165) is 61.9 Å². The Kier molecular flexibility index (Phi) is 3.15. The van der Waals surface area contributed by atoms with Crippen molar-refractivity contribution in [3.05, 3.63) is 36.2 Å². The van der Waals surface area contributed by atoms with Gasteiger partial charge in [-0.3, -0.25) is 4.79 Å². The molecule has 2 fully saturated rings. The van der Waals surface area contributed by atoms with Gasteiger partial charge in [0, 0.05) is 19.3 Å². The molecule has 5 nitrogen and oxygen atoms in total. The molecule has 4 rings (SSSR count). The normalized spacial score (nSPS) is 25.8. The molecule has 2 saturated heterocycles. The van der Waals surface area contributed by atoms with E-state index in [4.69, 9.17) is 0 Å². The lowest BCUT2D eigenvalue weighted by atomic mass is 9.92. The van der Waals surface area contributed by atoms with Gasteiger partial charge in [-0.2, -0.15) is 5.10 Å². The van der Waals surface area contributed by atoms with E-state index in [0.29, 0.717) is 0 Å². The lowest BCUT2D eigenvalue weighted by molar-refractivity contribution is 0.0760. The first-order valence-electron chi connectivity index (χ1n) is 7.75. The van der Waals surface area contributed by atoms with Gasteiger partial charge in [-0.25, -0.2) is 4.52 Å². The second-order valence-electron chi connectivity index (χ2n) is 6.14. The Morgan fingerprint density at radius 2 is 1.95 bits per heavy atom. The number of hydrogen-bond donors (Lipinski definition) is 1. The number of likely N-dealkylation sites (tertiary alicyclic amines) is 1. The van der Waals surface area contributed by atoms with Gasteiger partial charge in [-0.15, -0.1) is 0 Å². The van der Waals surface area contributed by atoms with Crippen molar-refractivity contribution in [1.82, 2.24) is 19.8 Å². The molecule has 0 aromatic carbocycles. The fraction of sp³-hybridized carbons (Fsp3) is 0.500. The Bertz CT molecular complexity index is 651. The lowest BCUT2D eigenvalue weighted by Crippen LogP contribution is -2.32. The zero-order valence-electron chi connectivity index (χ0n) is 12.0. The van der Waals surface area contributed by atoms with E-state index in [2.05, 4.69) is 10.4 Å². The number of hydrogen-bond acceptors (Lipinski definition) is 3. The smallest absolute Gasteiger partial charge is 0.257 e. The van der Waals surface area contributed by atoms with E-state index >= 15 is 0 Å². The molecule has 0 spiro atoms. The SMILES string of the molecule is O=C(c1cnn2ccccc12)N1CC[C@@H]2CNC[C@@H]2CC1. The molecular formula is C16H20N4O. The molecule has 5 heteroatoms. The molecule has 2 aliphatic heterocycles. The van der Waals surface area contributed by atoms with Crippen LogP contribution in [0.25, 0.3) is 5.52 Å². The lowest BCUT2D eigenvalue weighted by Gasteiger charge is -2.20. The Balaban J connectivity index is 1.57. The number of amides is 1. The highest BCUT2D eigenvalue weighted by Gasteiger charge is 2.32. The monoisotopic (exact) mass is 284 g/mol. The highest BCUT2D eigenvalue weighted by Crippen LogP contribution is 2.28. The van der Waals surface area contributed by atoms with Crippen molar-refractivity contribution in [2.45, 2.75) is 12.8 Å². The summed E-state index contributed by atoms with van der Waals surface area (Å²) < 4.78 is 1.77. The minimum atomic E-state index is 0.129. The first-order valence-corrected chi connectivity index (χ1v) is 7.75. The highest BCUT2D eigenvalue weighted by molar-refractivity contribution is 6.00. The van der Waals surface area contributed by atoms with Crippen LogP contribution < -0.4 is 5.32 Å². The first kappa shape index (κ1) is 12.8. The fourth-order valence-electron chi connectivity index (χ4n) is 3.69. The quantitative estimate of drug-likeness (QED) is 0.861. The van der Waals surface area contributed by atoms with Crippen LogP contribution in [0.1, 0.15) is 23.2 Å². The van der Waals surface area contributed by atoms with Crippen molar-refractivity contribution < 1.29 is 4.79 Å². The standard InChI is InChI=1S/C16H20N4O/c21-16(14-11-18-20-6-2-1-3-15(14)20)19-7-4-12-9-17-10-13(12)5-8-19/h1-3,6,11-13,17H,4-5,7-10H2/t12-,13+. The second-order valence-corrected chi connectivity index (χ2v) is 6.14. The van der Waals surface area contributed by atoms with Gasteiger partial charge in [-0.1, -0.05) is 6.07 Å². The summed E-state index contributed by atoms with van der Waals surface area (Å²) in [7, 11) is 0. The molecule has 2 aromatic rings. The summed E-state index contributed by atoms with van der Waals surface area (Å²) in [6.45, 7) is 3.96. The molecule has 4 heterocycles. The molecular weight excluding hydrogens is 264 g/mol. The van der Waals surface area contributed by atoms with Crippen LogP contribution in [0.3, 0.4) is 0 Å². The number of fused-ring (bicyclic) bond motifs is 2. The molecule has 110 valence electrons. The van der Waals surface area contributed by atoms with Crippen molar-refractivity contribution in [2.75, 3.05) is 26.2 Å². The summed E-state index contributed by atoms with van der Waals surface area (Å²) in [4.78, 5) is 14.8. The van der Waals surface area contributed by atoms with Crippen LogP contribution in [0.5, 0.6) is 0 Å². The molecule has 2 aromatic heterocycles. The Morgan fingerprint density at radius 1 is 1.19 bits per heavy atom. The number of carbonyl (C=O) groups excluding carboxylic acids is 1. The third-order valence-corrected chi connectivity index (χ3v) is 4.96. The molecule has 2 atom stereocenters. The van der Waals surface area contributed by atoms with Crippen LogP contribution in [-0.2, 0) is 0 Å². The van der Waals surface area contributed by atoms with Gasteiger partial charge in [0.15, 0.2) is 0 Å². The summed E-state index contributed by atoms with van der Waals surface area (Å²) in [6, 6.07) is 5.83. The highest BCUT2D eigenvalue weighted by atomic mass is 16.2. The van der Waals surface area contributed by atoms with Crippen LogP contribution in [0.15, 0.2) is 30.6 Å². The summed E-state index contributed by atoms with van der Waals surface area (Å²) in [5.41, 5.74) is 1.62. The van der Waals surface area contributed by atoms with Gasteiger partial charge in [0.05, 0.1) is 17.3 Å². The van der Waals surface area contributed by atoms with Crippen LogP contribution in [-0.4, -0.2) is 46.6 Å². The number of aromatic nitrogens is 2. The summed E-state index contributed by atoms with van der Waals surface area (Å²) in [5.74, 6) is 1.61. The maximum Gasteiger partial charge on any atom is 0.257 e. The minimum Gasteiger partial charge on any atom is -0.339 e. The van der Waals surface area contributed by atoms with Crippen molar-refractivity contribution in [3.63, 3.8) is 0 Å². The largest absolute Gasteiger partial charge is 0.339 e. The molecule has 0 aliphatic carbocycles. The van der Waals surface area contributed by atoms with Crippen molar-refractivity contribution >= 4 is 11.4 Å². The number of carbonyl (C=O) groups is 1. The average Bonchev–Trinajstić information content (AvgIpc) is 3.09. The molecule has 2 aliphatic rings. The van der Waals surface area contributed by atoms with Crippen LogP contribution in [0, 0.1) is 11.8 Å². The fourth-order valence-corrected chi connectivity index (χ4v) is 3.69. The topological polar surface area (TPSA) is 49.6 Å². The summed E-state index contributed by atoms with van der Waals surface area (Å²) >= 11 is 0. The Hall–Kier alpha value is -1.88. The Morgan fingerprint density at radius 3 is 2.71 bits per heavy atom. The summed E-state index contributed by atoms with van der Waals surface area (Å²) in [5, 5.41) is 7.75. The van der Waals surface area contributed by atoms with E-state index < -0.39 is 0 Å². The maximum atomic E-state index is 12.8. The van der Waals surface area contributed by atoms with Crippen molar-refractivity contribution in [1.29, 1.82) is 0 Å². The maximum absolute atomic E-state index is 12.8. The molecule has 0 unspecified atom stereocenters. The third-order valence-electron chi connectivity index (χ3n) is 4.96. The molecule has 1 amide bonds. The molecule has 0 radical (unpaired) electrons. The average molecular weight is 284 g/mol. The molecule has 1 N–H and O–H groups in total. The van der Waals surface area contributed by atoms with Crippen molar-refractivity contribution in [2.24, 2.45) is 11.8 Å². The number of pyridine rings is 1. The van der Waals surface area contributed by atoms with E-state index in [1.807, 2.05) is 29.3 Å². The van der Waals surface area contributed by atoms with E-state index in [-0.39, 0.29) is 5.91 Å². The van der Waals surface area contributed by atoms with Gasteiger partial charge in [-0.05, 0) is 49.9 Å². The van der Waals surface area contributed by atoms with E-state index in [1.54, 1.807) is 10.7 Å². The number of nitrogens with zero attached hydrogens (tertiary/aromatic N) is 3. The minimum absolute atomic E-state index is 0.129. The van der Waals surface area contributed by atoms with Gasteiger partial charge in [0.1, 0.15) is 0 Å². The predicted molar refractivity (Wildman–Crippen MR) is 80.2 cm³/mol. The number of rotatable bonds is 1. The van der Waals surface area contributed by atoms with Gasteiger partial charge < -0.3 is 10.2 Å². The zero-order valence-corrected chi connectivity index (χ0v) is 12.0. The summed E-state index contributed by atoms with van der Waals surface area (Å²) in [6.07, 6.45) is 5.81. The van der Waals surface area contributed by atoms with Crippen LogP contribution in [0.2, 0.25) is 0 Å². The third kappa shape index (κ3) is 2.21. The predicted octanol–water partition coefficient (Wildman–Crippen LogP) is 1.41. The first-order chi connectivity index (χ1) is 10.3. The van der Waals surface area contributed by atoms with Gasteiger partial charge >= 0.3 is 0 Å². The van der Waals surface area contributed by atoms with E-state index in [1.165, 1.54) is 0 Å². The number of nitrogens with one attached hydrogen (secondary N) is 1. The Labute approximate surface area is 123 Å². The van der Waals surface area contributed by atoms with Crippen molar-refractivity contribution in [3.8, 4) is 0 Å². The van der Waals surface area contributed by atoms with Gasteiger partial charge in [0.25, 0.3) is 5.91 Å². The van der Waals surface area contributed by atoms with Gasteiger partial charge in [0.2, 0.25) is 0 Å². The zero-order chi connectivity index (χ0) is 14.2. The molecule has 21 heavy (non-hydrogen) atoms. The molecule has 0 saturated carbocycles. The molecule has 0 bridgehead atoms. The van der Waals surface area contributed by atoms with E-state index in [9.17, 15) is 4.79 Å². The second kappa shape index (κ2) is 5.15.